The number of aliphatic hydroxyl groups is 2. The molecule has 12 nitrogen and oxygen atoms in total. The van der Waals surface area contributed by atoms with Crippen LogP contribution in [0, 0.1) is 0 Å². The first kappa shape index (κ1) is 26.0. The molecule has 0 aliphatic carbocycles. The minimum absolute atomic E-state index is 0.00703. The predicted molar refractivity (Wildman–Crippen MR) is 115 cm³/mol. The second kappa shape index (κ2) is 12.1. The molecule has 12 heteroatoms. The van der Waals surface area contributed by atoms with Crippen molar-refractivity contribution < 1.29 is 39.6 Å². The Morgan fingerprint density at radius 3 is 2.21 bits per heavy atom. The number of carbonyl (C=O) groups excluding carboxylic acids is 3. The number of benzene rings is 1. The van der Waals surface area contributed by atoms with Crippen LogP contribution < -0.4 is 21.3 Å². The Morgan fingerprint density at radius 1 is 1.06 bits per heavy atom. The van der Waals surface area contributed by atoms with Crippen LogP contribution in [0.15, 0.2) is 24.3 Å². The standard InChI is InChI=1S/C21H30N4O8/c1-11(27)17(25-18(29)14-3-2-8-22-14)20(31)23-15(9-12-4-6-13(28)7-5-12)19(30)24-16(10-26)21(32)33/h4-7,11,14-17,22,26-28H,2-3,8-10H2,1H3,(H,23,31)(H,24,30)(H,25,29)(H,32,33). The molecular weight excluding hydrogens is 436 g/mol. The molecule has 1 aliphatic rings. The highest BCUT2D eigenvalue weighted by Crippen LogP contribution is 2.12. The van der Waals surface area contributed by atoms with Crippen LogP contribution >= 0.6 is 0 Å². The SMILES string of the molecule is CC(O)C(NC(=O)C1CCCN1)C(=O)NC(Cc1ccc(O)cc1)C(=O)NC(CO)C(=O)O. The number of phenolic OH excluding ortho intramolecular Hbond substituents is 1. The molecule has 0 spiro atoms. The lowest BCUT2D eigenvalue weighted by molar-refractivity contribution is -0.143. The third kappa shape index (κ3) is 7.70. The van der Waals surface area contributed by atoms with E-state index in [0.717, 1.165) is 6.42 Å². The Balaban J connectivity index is 2.17. The van der Waals surface area contributed by atoms with Gasteiger partial charge in [-0.1, -0.05) is 12.1 Å². The van der Waals surface area contributed by atoms with E-state index >= 15 is 0 Å². The summed E-state index contributed by atoms with van der Waals surface area (Å²) in [5, 5.41) is 47.9. The van der Waals surface area contributed by atoms with Crippen molar-refractivity contribution in [3.8, 4) is 5.75 Å². The first-order chi connectivity index (χ1) is 15.6. The van der Waals surface area contributed by atoms with Gasteiger partial charge < -0.3 is 41.7 Å². The topological polar surface area (TPSA) is 197 Å². The van der Waals surface area contributed by atoms with E-state index in [1.54, 1.807) is 0 Å². The van der Waals surface area contributed by atoms with Gasteiger partial charge in [-0.3, -0.25) is 14.4 Å². The van der Waals surface area contributed by atoms with E-state index < -0.39 is 60.6 Å². The van der Waals surface area contributed by atoms with Gasteiger partial charge in [0, 0.05) is 6.42 Å². The fourth-order valence-corrected chi connectivity index (χ4v) is 3.36. The smallest absolute Gasteiger partial charge is 0.328 e. The van der Waals surface area contributed by atoms with Crippen molar-refractivity contribution in [3.05, 3.63) is 29.8 Å². The molecule has 5 unspecified atom stereocenters. The van der Waals surface area contributed by atoms with E-state index in [4.69, 9.17) is 5.11 Å². The van der Waals surface area contributed by atoms with Crippen molar-refractivity contribution in [2.75, 3.05) is 13.2 Å². The van der Waals surface area contributed by atoms with Crippen LogP contribution in [-0.2, 0) is 25.6 Å². The van der Waals surface area contributed by atoms with Gasteiger partial charge in [0.05, 0.1) is 18.8 Å². The summed E-state index contributed by atoms with van der Waals surface area (Å²) in [5.41, 5.74) is 0.539. The van der Waals surface area contributed by atoms with E-state index in [-0.39, 0.29) is 12.2 Å². The second-order valence-electron chi connectivity index (χ2n) is 7.89. The first-order valence-corrected chi connectivity index (χ1v) is 10.6. The largest absolute Gasteiger partial charge is 0.508 e. The molecule has 2 rings (SSSR count). The van der Waals surface area contributed by atoms with Crippen molar-refractivity contribution in [2.45, 2.75) is 56.5 Å². The number of rotatable bonds is 11. The molecule has 1 aliphatic heterocycles. The summed E-state index contributed by atoms with van der Waals surface area (Å²) in [5.74, 6) is -3.65. The van der Waals surface area contributed by atoms with Crippen LogP contribution in [0.3, 0.4) is 0 Å². The number of nitrogens with one attached hydrogen (secondary N) is 4. The first-order valence-electron chi connectivity index (χ1n) is 10.6. The van der Waals surface area contributed by atoms with Gasteiger partial charge in [0.2, 0.25) is 17.7 Å². The van der Waals surface area contributed by atoms with Gasteiger partial charge in [0.25, 0.3) is 0 Å². The third-order valence-corrected chi connectivity index (χ3v) is 5.25. The highest BCUT2D eigenvalue weighted by Gasteiger charge is 2.33. The normalized spacial score (nSPS) is 19.1. The highest BCUT2D eigenvalue weighted by atomic mass is 16.4. The molecule has 1 aromatic carbocycles. The van der Waals surface area contributed by atoms with Gasteiger partial charge in [0.15, 0.2) is 0 Å². The predicted octanol–water partition coefficient (Wildman–Crippen LogP) is -2.40. The fourth-order valence-electron chi connectivity index (χ4n) is 3.36. The lowest BCUT2D eigenvalue weighted by atomic mass is 10.0. The third-order valence-electron chi connectivity index (χ3n) is 5.25. The summed E-state index contributed by atoms with van der Waals surface area (Å²) in [7, 11) is 0. The van der Waals surface area contributed by atoms with Crippen molar-refractivity contribution in [1.82, 2.24) is 21.3 Å². The Labute approximate surface area is 190 Å². The van der Waals surface area contributed by atoms with Gasteiger partial charge in [-0.15, -0.1) is 0 Å². The van der Waals surface area contributed by atoms with Crippen LogP contribution in [0.2, 0.25) is 0 Å². The molecule has 0 bridgehead atoms. The van der Waals surface area contributed by atoms with Crippen molar-refractivity contribution >= 4 is 23.7 Å². The Morgan fingerprint density at radius 2 is 1.70 bits per heavy atom. The van der Waals surface area contributed by atoms with Gasteiger partial charge in [0.1, 0.15) is 23.9 Å². The average Bonchev–Trinajstić information content (AvgIpc) is 3.31. The molecule has 1 aromatic rings. The summed E-state index contributed by atoms with van der Waals surface area (Å²) in [6.07, 6.45) is 0.0230. The molecule has 1 heterocycles. The lowest BCUT2D eigenvalue weighted by Crippen LogP contribution is -2.60. The number of aromatic hydroxyl groups is 1. The number of carboxylic acids is 1. The molecule has 0 radical (unpaired) electrons. The quantitative estimate of drug-likeness (QED) is 0.175. The zero-order chi connectivity index (χ0) is 24.5. The maximum Gasteiger partial charge on any atom is 0.328 e. The second-order valence-corrected chi connectivity index (χ2v) is 7.89. The maximum atomic E-state index is 12.9. The summed E-state index contributed by atoms with van der Waals surface area (Å²) in [6, 6.07) is 1.07. The zero-order valence-corrected chi connectivity index (χ0v) is 18.2. The minimum atomic E-state index is -1.59. The van der Waals surface area contributed by atoms with E-state index in [2.05, 4.69) is 21.3 Å². The summed E-state index contributed by atoms with van der Waals surface area (Å²) in [6.45, 7) is 1.11. The van der Waals surface area contributed by atoms with Crippen molar-refractivity contribution in [1.29, 1.82) is 0 Å². The van der Waals surface area contributed by atoms with Gasteiger partial charge in [-0.2, -0.15) is 0 Å². The number of aliphatic hydroxyl groups excluding tert-OH is 2. The molecule has 5 atom stereocenters. The van der Waals surface area contributed by atoms with E-state index in [0.29, 0.717) is 18.5 Å². The van der Waals surface area contributed by atoms with E-state index in [9.17, 15) is 34.5 Å². The van der Waals surface area contributed by atoms with Crippen molar-refractivity contribution in [3.63, 3.8) is 0 Å². The summed E-state index contributed by atoms with van der Waals surface area (Å²) < 4.78 is 0. The summed E-state index contributed by atoms with van der Waals surface area (Å²) in [4.78, 5) is 49.2. The van der Waals surface area contributed by atoms with Crippen LogP contribution in [0.5, 0.6) is 5.75 Å². The average molecular weight is 466 g/mol. The zero-order valence-electron chi connectivity index (χ0n) is 18.2. The molecule has 3 amide bonds. The van der Waals surface area contributed by atoms with E-state index in [1.807, 2.05) is 0 Å². The van der Waals surface area contributed by atoms with Crippen molar-refractivity contribution in [2.24, 2.45) is 0 Å². The monoisotopic (exact) mass is 466 g/mol. The number of carbonyl (C=O) groups is 4. The van der Waals surface area contributed by atoms with Gasteiger partial charge >= 0.3 is 5.97 Å². The van der Waals surface area contributed by atoms with E-state index in [1.165, 1.54) is 31.2 Å². The lowest BCUT2D eigenvalue weighted by Gasteiger charge is -2.26. The van der Waals surface area contributed by atoms with Crippen LogP contribution in [0.1, 0.15) is 25.3 Å². The summed E-state index contributed by atoms with van der Waals surface area (Å²) >= 11 is 0. The highest BCUT2D eigenvalue weighted by molar-refractivity contribution is 5.94. The van der Waals surface area contributed by atoms with Gasteiger partial charge in [-0.25, -0.2) is 4.79 Å². The molecule has 8 N–H and O–H groups in total. The number of phenols is 1. The molecule has 0 saturated carbocycles. The molecule has 182 valence electrons. The molecule has 0 aromatic heterocycles. The number of carboxylic acid groups (broad SMARTS) is 1. The number of hydrogen-bond acceptors (Lipinski definition) is 8. The number of aliphatic carboxylic acids is 1. The van der Waals surface area contributed by atoms with Crippen LogP contribution in [0.4, 0.5) is 0 Å². The minimum Gasteiger partial charge on any atom is -0.508 e. The number of hydrogen-bond donors (Lipinski definition) is 8. The fraction of sp³-hybridized carbons (Fsp3) is 0.524. The Kier molecular flexibility index (Phi) is 9.57. The van der Waals surface area contributed by atoms with Crippen LogP contribution in [-0.4, -0.2) is 87.5 Å². The van der Waals surface area contributed by atoms with Gasteiger partial charge in [-0.05, 0) is 44.0 Å². The molecule has 33 heavy (non-hydrogen) atoms. The molecule has 1 fully saturated rings. The number of amides is 3. The molecule has 1 saturated heterocycles. The Hall–Kier alpha value is -3.22. The maximum absolute atomic E-state index is 12.9. The molecular formula is C21H30N4O8. The Bertz CT molecular complexity index is 839. The van der Waals surface area contributed by atoms with Crippen LogP contribution in [0.25, 0.3) is 0 Å².